The zero-order valence-corrected chi connectivity index (χ0v) is 12.2. The fraction of sp³-hybridized carbons (Fsp3) is 0.462. The lowest BCUT2D eigenvalue weighted by atomic mass is 10.1. The third kappa shape index (κ3) is 2.91. The number of nitrogens with zero attached hydrogens (tertiary/aromatic N) is 1. The molecule has 1 saturated heterocycles. The van der Waals surface area contributed by atoms with Crippen LogP contribution in [0, 0.1) is 18.6 Å². The Morgan fingerprint density at radius 1 is 1.29 bits per heavy atom. The summed E-state index contributed by atoms with van der Waals surface area (Å²) in [5.41, 5.74) is -0.0149. The van der Waals surface area contributed by atoms with E-state index in [1.165, 1.54) is 6.92 Å². The molecule has 1 N–H and O–H groups in total. The Hall–Kier alpha value is -1.54. The zero-order chi connectivity index (χ0) is 15.8. The molecule has 1 heterocycles. The maximum absolute atomic E-state index is 13.8. The Morgan fingerprint density at radius 3 is 2.57 bits per heavy atom. The molecule has 116 valence electrons. The second-order valence-corrected chi connectivity index (χ2v) is 6.86. The van der Waals surface area contributed by atoms with Crippen LogP contribution in [-0.2, 0) is 14.8 Å². The normalized spacial score (nSPS) is 20.4. The van der Waals surface area contributed by atoms with Gasteiger partial charge >= 0.3 is 5.97 Å². The third-order valence-electron chi connectivity index (χ3n) is 3.54. The van der Waals surface area contributed by atoms with Gasteiger partial charge in [-0.1, -0.05) is 0 Å². The van der Waals surface area contributed by atoms with Crippen LogP contribution in [0.4, 0.5) is 8.78 Å². The molecular weight excluding hydrogens is 304 g/mol. The summed E-state index contributed by atoms with van der Waals surface area (Å²) in [6, 6.07) is 0.184. The van der Waals surface area contributed by atoms with Gasteiger partial charge in [-0.25, -0.2) is 17.2 Å². The van der Waals surface area contributed by atoms with Gasteiger partial charge in [0, 0.05) is 12.6 Å². The maximum Gasteiger partial charge on any atom is 0.322 e. The second kappa shape index (κ2) is 5.69. The first-order valence-corrected chi connectivity index (χ1v) is 7.89. The fourth-order valence-electron chi connectivity index (χ4n) is 2.39. The number of sulfonamides is 1. The van der Waals surface area contributed by atoms with Gasteiger partial charge in [-0.3, -0.25) is 4.79 Å². The summed E-state index contributed by atoms with van der Waals surface area (Å²) in [6.45, 7) is 1.33. The van der Waals surface area contributed by atoms with E-state index in [-0.39, 0.29) is 18.5 Å². The summed E-state index contributed by atoms with van der Waals surface area (Å²) in [4.78, 5) is 10.5. The summed E-state index contributed by atoms with van der Waals surface area (Å²) in [5, 5.41) is 9.13. The number of aryl methyl sites for hydroxylation is 1. The number of halogens is 2. The molecule has 8 heteroatoms. The highest BCUT2D eigenvalue weighted by molar-refractivity contribution is 7.89. The van der Waals surface area contributed by atoms with Crippen molar-refractivity contribution >= 4 is 16.0 Å². The van der Waals surface area contributed by atoms with E-state index < -0.39 is 38.6 Å². The van der Waals surface area contributed by atoms with Crippen molar-refractivity contribution < 1.29 is 27.1 Å². The number of aliphatic carboxylic acids is 1. The van der Waals surface area contributed by atoms with Gasteiger partial charge in [0.25, 0.3) is 0 Å². The quantitative estimate of drug-likeness (QED) is 0.923. The van der Waals surface area contributed by atoms with E-state index in [1.807, 2.05) is 0 Å². The summed E-state index contributed by atoms with van der Waals surface area (Å²) in [7, 11) is -4.32. The van der Waals surface area contributed by atoms with Crippen molar-refractivity contribution in [1.82, 2.24) is 4.31 Å². The average molecular weight is 319 g/mol. The molecule has 0 spiro atoms. The van der Waals surface area contributed by atoms with Crippen molar-refractivity contribution in [1.29, 1.82) is 0 Å². The number of piperidine rings is 1. The Kier molecular flexibility index (Phi) is 4.29. The fourth-order valence-corrected chi connectivity index (χ4v) is 4.18. The lowest BCUT2D eigenvalue weighted by Gasteiger charge is -2.32. The van der Waals surface area contributed by atoms with Crippen molar-refractivity contribution in [3.05, 3.63) is 29.3 Å². The van der Waals surface area contributed by atoms with Crippen molar-refractivity contribution in [3.63, 3.8) is 0 Å². The van der Waals surface area contributed by atoms with Gasteiger partial charge in [0.2, 0.25) is 10.0 Å². The van der Waals surface area contributed by atoms with Crippen LogP contribution in [-0.4, -0.2) is 36.4 Å². The molecule has 21 heavy (non-hydrogen) atoms. The monoisotopic (exact) mass is 319 g/mol. The van der Waals surface area contributed by atoms with Crippen LogP contribution >= 0.6 is 0 Å². The zero-order valence-electron chi connectivity index (χ0n) is 11.3. The molecule has 0 amide bonds. The van der Waals surface area contributed by atoms with Crippen LogP contribution < -0.4 is 0 Å². The van der Waals surface area contributed by atoms with Crippen molar-refractivity contribution in [2.24, 2.45) is 0 Å². The highest BCUT2D eigenvalue weighted by atomic mass is 32.2. The number of hydrogen-bond acceptors (Lipinski definition) is 3. The van der Waals surface area contributed by atoms with E-state index in [2.05, 4.69) is 0 Å². The Morgan fingerprint density at radius 2 is 1.95 bits per heavy atom. The average Bonchev–Trinajstić information content (AvgIpc) is 2.42. The SMILES string of the molecule is Cc1cc(S(=O)(=O)N2CCCCC2C(=O)O)c(F)cc1F. The summed E-state index contributed by atoms with van der Waals surface area (Å²) in [6.07, 6.45) is 1.27. The van der Waals surface area contributed by atoms with E-state index in [0.717, 1.165) is 10.4 Å². The molecule has 1 atom stereocenters. The van der Waals surface area contributed by atoms with Crippen LogP contribution in [0.15, 0.2) is 17.0 Å². The van der Waals surface area contributed by atoms with Gasteiger partial charge in [0.05, 0.1) is 0 Å². The minimum absolute atomic E-state index is 0.00909. The molecule has 0 bridgehead atoms. The molecule has 1 aromatic rings. The van der Waals surface area contributed by atoms with Crippen molar-refractivity contribution in [3.8, 4) is 0 Å². The topological polar surface area (TPSA) is 74.7 Å². The van der Waals surface area contributed by atoms with Gasteiger partial charge in [0.1, 0.15) is 22.6 Å². The number of carboxylic acids is 1. The first-order valence-electron chi connectivity index (χ1n) is 6.45. The van der Waals surface area contributed by atoms with Gasteiger partial charge in [0.15, 0.2) is 0 Å². The van der Waals surface area contributed by atoms with Crippen LogP contribution in [0.2, 0.25) is 0 Å². The van der Waals surface area contributed by atoms with Crippen molar-refractivity contribution in [2.45, 2.75) is 37.1 Å². The standard InChI is InChI=1S/C13H15F2NO4S/c1-8-6-12(10(15)7-9(8)14)21(19,20)16-5-3-2-4-11(16)13(17)18/h6-7,11H,2-5H2,1H3,(H,17,18). The van der Waals surface area contributed by atoms with E-state index in [1.54, 1.807) is 0 Å². The molecule has 1 aromatic carbocycles. The summed E-state index contributed by atoms with van der Waals surface area (Å²) < 4.78 is 52.8. The number of carboxylic acid groups (broad SMARTS) is 1. The molecule has 0 saturated carbocycles. The molecule has 1 unspecified atom stereocenters. The lowest BCUT2D eigenvalue weighted by Crippen LogP contribution is -2.48. The molecule has 0 radical (unpaired) electrons. The third-order valence-corrected chi connectivity index (χ3v) is 5.46. The first kappa shape index (κ1) is 15.8. The van der Waals surface area contributed by atoms with Gasteiger partial charge < -0.3 is 5.11 Å². The van der Waals surface area contributed by atoms with Gasteiger partial charge in [-0.05, 0) is 37.8 Å². The lowest BCUT2D eigenvalue weighted by molar-refractivity contribution is -0.142. The predicted molar refractivity (Wildman–Crippen MR) is 70.3 cm³/mol. The van der Waals surface area contributed by atoms with Crippen LogP contribution in [0.25, 0.3) is 0 Å². The highest BCUT2D eigenvalue weighted by Crippen LogP contribution is 2.28. The minimum Gasteiger partial charge on any atom is -0.480 e. The maximum atomic E-state index is 13.8. The molecule has 2 rings (SSSR count). The summed E-state index contributed by atoms with van der Waals surface area (Å²) >= 11 is 0. The minimum atomic E-state index is -4.32. The van der Waals surface area contributed by atoms with Gasteiger partial charge in [-0.15, -0.1) is 0 Å². The number of hydrogen-bond donors (Lipinski definition) is 1. The van der Waals surface area contributed by atoms with E-state index >= 15 is 0 Å². The van der Waals surface area contributed by atoms with E-state index in [9.17, 15) is 22.0 Å². The largest absolute Gasteiger partial charge is 0.480 e. The smallest absolute Gasteiger partial charge is 0.322 e. The molecule has 1 aliphatic heterocycles. The predicted octanol–water partition coefficient (Wildman–Crippen LogP) is 1.90. The summed E-state index contributed by atoms with van der Waals surface area (Å²) in [5.74, 6) is -3.33. The Balaban J connectivity index is 2.50. The molecule has 1 aliphatic rings. The number of carbonyl (C=O) groups is 1. The van der Waals surface area contributed by atoms with E-state index in [0.29, 0.717) is 18.9 Å². The van der Waals surface area contributed by atoms with Crippen LogP contribution in [0.5, 0.6) is 0 Å². The van der Waals surface area contributed by atoms with E-state index in [4.69, 9.17) is 5.11 Å². The van der Waals surface area contributed by atoms with Crippen LogP contribution in [0.1, 0.15) is 24.8 Å². The van der Waals surface area contributed by atoms with Gasteiger partial charge in [-0.2, -0.15) is 4.31 Å². The molecule has 0 aromatic heterocycles. The number of rotatable bonds is 3. The molecule has 5 nitrogen and oxygen atoms in total. The molecule has 0 aliphatic carbocycles. The highest BCUT2D eigenvalue weighted by Gasteiger charge is 2.39. The first-order chi connectivity index (χ1) is 9.75. The van der Waals surface area contributed by atoms with Crippen molar-refractivity contribution in [2.75, 3.05) is 6.54 Å². The molecule has 1 fully saturated rings. The Labute approximate surface area is 121 Å². The second-order valence-electron chi connectivity index (χ2n) is 5.00. The Bertz CT molecular complexity index is 675. The van der Waals surface area contributed by atoms with Crippen LogP contribution in [0.3, 0.4) is 0 Å². The number of benzene rings is 1. The molecular formula is C13H15F2NO4S.